The molecule has 0 atom stereocenters. The van der Waals surface area contributed by atoms with E-state index in [2.05, 4.69) is 11.9 Å². The minimum absolute atomic E-state index is 0.0516. The average Bonchev–Trinajstić information content (AvgIpc) is 3.04. The van der Waals surface area contributed by atoms with Crippen molar-refractivity contribution < 1.29 is 14.3 Å². The van der Waals surface area contributed by atoms with Crippen LogP contribution in [0.2, 0.25) is 4.34 Å². The van der Waals surface area contributed by atoms with Gasteiger partial charge in [0.05, 0.1) is 25.1 Å². The first-order valence-corrected chi connectivity index (χ1v) is 9.30. The molecule has 0 unspecified atom stereocenters. The van der Waals surface area contributed by atoms with Crippen molar-refractivity contribution in [2.75, 3.05) is 27.3 Å². The lowest BCUT2D eigenvalue weighted by molar-refractivity contribution is -0.122. The van der Waals surface area contributed by atoms with Crippen molar-refractivity contribution in [2.24, 2.45) is 0 Å². The molecule has 0 saturated carbocycles. The van der Waals surface area contributed by atoms with E-state index in [9.17, 15) is 4.79 Å². The molecule has 0 aliphatic heterocycles. The minimum Gasteiger partial charge on any atom is -0.493 e. The van der Waals surface area contributed by atoms with Gasteiger partial charge in [0.2, 0.25) is 5.91 Å². The number of methoxy groups -OCH3 is 2. The van der Waals surface area contributed by atoms with Gasteiger partial charge >= 0.3 is 0 Å². The van der Waals surface area contributed by atoms with E-state index in [0.717, 1.165) is 14.8 Å². The molecule has 0 spiro atoms. The van der Waals surface area contributed by atoms with Crippen molar-refractivity contribution in [3.63, 3.8) is 0 Å². The van der Waals surface area contributed by atoms with E-state index in [1.807, 2.05) is 35.2 Å². The fraction of sp³-hybridized carbons (Fsp3) is 0.316. The Labute approximate surface area is 163 Å². The second kappa shape index (κ2) is 10.2. The summed E-state index contributed by atoms with van der Waals surface area (Å²) < 4.78 is 11.2. The summed E-state index contributed by atoms with van der Waals surface area (Å²) in [5, 5.41) is 2.93. The van der Waals surface area contributed by atoms with Gasteiger partial charge in [0.15, 0.2) is 11.5 Å². The third-order valence-corrected chi connectivity index (χ3v) is 4.92. The molecular weight excluding hydrogens is 372 g/mol. The van der Waals surface area contributed by atoms with Crippen LogP contribution >= 0.6 is 22.9 Å². The van der Waals surface area contributed by atoms with E-state index in [1.165, 1.54) is 11.3 Å². The Bertz CT molecular complexity index is 748. The first kappa shape index (κ1) is 20.3. The zero-order valence-electron chi connectivity index (χ0n) is 15.0. The molecule has 1 aromatic carbocycles. The number of nitrogens with zero attached hydrogens (tertiary/aromatic N) is 1. The van der Waals surface area contributed by atoms with E-state index < -0.39 is 0 Å². The van der Waals surface area contributed by atoms with Gasteiger partial charge in [-0.3, -0.25) is 9.69 Å². The highest BCUT2D eigenvalue weighted by molar-refractivity contribution is 7.16. The normalized spacial score (nSPS) is 10.6. The Hall–Kier alpha value is -2.02. The predicted octanol–water partition coefficient (Wildman–Crippen LogP) is 3.72. The molecule has 7 heteroatoms. The first-order valence-electron chi connectivity index (χ1n) is 8.10. The molecule has 2 aromatic rings. The smallest absolute Gasteiger partial charge is 0.234 e. The van der Waals surface area contributed by atoms with Crippen LogP contribution < -0.4 is 14.8 Å². The molecular formula is C19H23ClN2O3S. The lowest BCUT2D eigenvalue weighted by Gasteiger charge is -2.19. The highest BCUT2D eigenvalue weighted by atomic mass is 35.5. The van der Waals surface area contributed by atoms with Crippen LogP contribution in [0.25, 0.3) is 0 Å². The van der Waals surface area contributed by atoms with Crippen LogP contribution in [0.4, 0.5) is 0 Å². The molecule has 0 saturated heterocycles. The van der Waals surface area contributed by atoms with Gasteiger partial charge in [-0.1, -0.05) is 23.7 Å². The number of rotatable bonds is 10. The molecule has 1 aromatic heterocycles. The summed E-state index contributed by atoms with van der Waals surface area (Å²) in [5.41, 5.74) is 0.941. The van der Waals surface area contributed by atoms with Crippen molar-refractivity contribution >= 4 is 28.8 Å². The zero-order valence-corrected chi connectivity index (χ0v) is 16.5. The van der Waals surface area contributed by atoms with Crippen molar-refractivity contribution in [1.82, 2.24) is 10.2 Å². The van der Waals surface area contributed by atoms with Gasteiger partial charge in [-0.05, 0) is 29.8 Å². The highest BCUT2D eigenvalue weighted by Crippen LogP contribution is 2.27. The monoisotopic (exact) mass is 394 g/mol. The van der Waals surface area contributed by atoms with Crippen LogP contribution in [-0.2, 0) is 17.9 Å². The van der Waals surface area contributed by atoms with Crippen molar-refractivity contribution in [2.45, 2.75) is 13.1 Å². The van der Waals surface area contributed by atoms with Crippen molar-refractivity contribution in [1.29, 1.82) is 0 Å². The molecule has 1 heterocycles. The second-order valence-electron chi connectivity index (χ2n) is 5.63. The molecule has 26 heavy (non-hydrogen) atoms. The molecule has 1 N–H and O–H groups in total. The van der Waals surface area contributed by atoms with E-state index in [-0.39, 0.29) is 12.5 Å². The number of thiophene rings is 1. The second-order valence-corrected chi connectivity index (χ2v) is 7.43. The Balaban J connectivity index is 1.90. The summed E-state index contributed by atoms with van der Waals surface area (Å²) in [4.78, 5) is 15.4. The number of hydrogen-bond donors (Lipinski definition) is 1. The van der Waals surface area contributed by atoms with Gasteiger partial charge in [-0.15, -0.1) is 17.9 Å². The number of benzene rings is 1. The summed E-state index contributed by atoms with van der Waals surface area (Å²) >= 11 is 7.49. The number of carbonyl (C=O) groups excluding carboxylic acids is 1. The lowest BCUT2D eigenvalue weighted by atomic mass is 10.2. The van der Waals surface area contributed by atoms with Gasteiger partial charge in [-0.25, -0.2) is 0 Å². The van der Waals surface area contributed by atoms with Crippen molar-refractivity contribution in [3.8, 4) is 11.5 Å². The first-order chi connectivity index (χ1) is 12.5. The third kappa shape index (κ3) is 6.05. The van der Waals surface area contributed by atoms with Gasteiger partial charge in [-0.2, -0.15) is 0 Å². The third-order valence-electron chi connectivity index (χ3n) is 3.70. The molecule has 5 nitrogen and oxygen atoms in total. The Morgan fingerprint density at radius 3 is 2.65 bits per heavy atom. The van der Waals surface area contributed by atoms with E-state index >= 15 is 0 Å². The number of halogens is 1. The van der Waals surface area contributed by atoms with E-state index in [1.54, 1.807) is 20.3 Å². The maximum Gasteiger partial charge on any atom is 0.234 e. The van der Waals surface area contributed by atoms with Crippen LogP contribution in [-0.4, -0.2) is 38.1 Å². The van der Waals surface area contributed by atoms with Crippen LogP contribution in [0.1, 0.15) is 10.4 Å². The average molecular weight is 395 g/mol. The number of ether oxygens (including phenoxy) is 2. The van der Waals surface area contributed by atoms with Crippen molar-refractivity contribution in [3.05, 3.63) is 57.8 Å². The van der Waals surface area contributed by atoms with Crippen LogP contribution in [0, 0.1) is 0 Å². The SMILES string of the molecule is C=CCN(CC(=O)NCc1ccc(OC)c(OC)c1)Cc1ccc(Cl)s1. The van der Waals surface area contributed by atoms with Gasteiger partial charge in [0.1, 0.15) is 0 Å². The summed E-state index contributed by atoms with van der Waals surface area (Å²) in [6.45, 7) is 5.76. The maximum absolute atomic E-state index is 12.3. The quantitative estimate of drug-likeness (QED) is 0.624. The number of nitrogens with one attached hydrogen (secondary N) is 1. The number of amides is 1. The topological polar surface area (TPSA) is 50.8 Å². The molecule has 0 fully saturated rings. The molecule has 2 rings (SSSR count). The minimum atomic E-state index is -0.0516. The Kier molecular flexibility index (Phi) is 7.97. The summed E-state index contributed by atoms with van der Waals surface area (Å²) in [5.74, 6) is 1.25. The number of hydrogen-bond acceptors (Lipinski definition) is 5. The van der Waals surface area contributed by atoms with Crippen LogP contribution in [0.5, 0.6) is 11.5 Å². The van der Waals surface area contributed by atoms with E-state index in [0.29, 0.717) is 31.1 Å². The largest absolute Gasteiger partial charge is 0.493 e. The highest BCUT2D eigenvalue weighted by Gasteiger charge is 2.12. The Morgan fingerprint density at radius 1 is 1.27 bits per heavy atom. The zero-order chi connectivity index (χ0) is 18.9. The molecule has 0 radical (unpaired) electrons. The fourth-order valence-corrected chi connectivity index (χ4v) is 3.60. The summed E-state index contributed by atoms with van der Waals surface area (Å²) in [6, 6.07) is 9.42. The van der Waals surface area contributed by atoms with Crippen LogP contribution in [0.3, 0.4) is 0 Å². The van der Waals surface area contributed by atoms with E-state index in [4.69, 9.17) is 21.1 Å². The molecule has 0 aliphatic carbocycles. The standard InChI is InChI=1S/C19H23ClN2O3S/c1-4-9-22(12-15-6-8-18(20)26-15)13-19(23)21-11-14-5-7-16(24-2)17(10-14)25-3/h4-8,10H,1,9,11-13H2,2-3H3,(H,21,23). The molecule has 140 valence electrons. The van der Waals surface area contributed by atoms with Crippen LogP contribution in [0.15, 0.2) is 43.0 Å². The predicted molar refractivity (Wildman–Crippen MR) is 106 cm³/mol. The lowest BCUT2D eigenvalue weighted by Crippen LogP contribution is -2.36. The summed E-state index contributed by atoms with van der Waals surface area (Å²) in [7, 11) is 3.18. The van der Waals surface area contributed by atoms with Gasteiger partial charge in [0, 0.05) is 24.5 Å². The fourth-order valence-electron chi connectivity index (χ4n) is 2.47. The number of carbonyl (C=O) groups is 1. The van der Waals surface area contributed by atoms with Gasteiger partial charge in [0.25, 0.3) is 0 Å². The van der Waals surface area contributed by atoms with Gasteiger partial charge < -0.3 is 14.8 Å². The Morgan fingerprint density at radius 2 is 2.04 bits per heavy atom. The molecule has 0 aliphatic rings. The molecule has 0 bridgehead atoms. The molecule has 1 amide bonds. The summed E-state index contributed by atoms with van der Waals surface area (Å²) in [6.07, 6.45) is 1.79. The maximum atomic E-state index is 12.3.